The van der Waals surface area contributed by atoms with Crippen LogP contribution < -0.4 is 0 Å². The highest BCUT2D eigenvalue weighted by Gasteiger charge is 2.88. The first-order valence-electron chi connectivity index (χ1n) is 9.48. The van der Waals surface area contributed by atoms with Crippen LogP contribution in [0, 0.1) is 46.3 Å². The lowest BCUT2D eigenvalue weighted by Crippen LogP contribution is -2.64. The summed E-state index contributed by atoms with van der Waals surface area (Å²) in [5, 5.41) is 0. The number of fused-ring (bicyclic) bond motifs is 9. The zero-order chi connectivity index (χ0) is 22.0. The molecule has 168 valence electrons. The molecule has 4 aliphatic carbocycles. The van der Waals surface area contributed by atoms with E-state index < -0.39 is 78.7 Å². The fraction of sp³-hybridized carbons (Fsp3) is 1.00. The number of rotatable bonds is 2. The molecule has 7 atom stereocenters. The third-order valence-corrected chi connectivity index (χ3v) is 8.57. The van der Waals surface area contributed by atoms with E-state index in [-0.39, 0.29) is 11.8 Å². The molecule has 0 nitrogen and oxygen atoms in total. The average Bonchev–Trinajstić information content (AvgIpc) is 3.22. The van der Waals surface area contributed by atoms with Crippen molar-refractivity contribution in [2.24, 2.45) is 46.3 Å². The van der Waals surface area contributed by atoms with Crippen molar-refractivity contribution in [3.63, 3.8) is 0 Å². The molecular weight excluding hydrogens is 425 g/mol. The van der Waals surface area contributed by atoms with Crippen molar-refractivity contribution in [2.75, 3.05) is 0 Å². The van der Waals surface area contributed by atoms with Crippen LogP contribution in [-0.4, -0.2) is 24.5 Å². The Morgan fingerprint density at radius 2 is 1.17 bits per heavy atom. The van der Waals surface area contributed by atoms with Gasteiger partial charge in [-0.2, -0.15) is 39.5 Å². The molecule has 11 heteroatoms. The smallest absolute Gasteiger partial charge is 0.206 e. The van der Waals surface area contributed by atoms with Crippen LogP contribution in [0.5, 0.6) is 0 Å². The Morgan fingerprint density at radius 3 is 1.59 bits per heavy atom. The maximum atomic E-state index is 15.3. The van der Waals surface area contributed by atoms with E-state index in [4.69, 9.17) is 0 Å². The number of halogens is 11. The minimum absolute atomic E-state index is 0.214. The highest BCUT2D eigenvalue weighted by Crippen LogP contribution is 2.81. The van der Waals surface area contributed by atoms with Gasteiger partial charge < -0.3 is 0 Å². The molecule has 0 aliphatic heterocycles. The third-order valence-electron chi connectivity index (χ3n) is 8.57. The van der Waals surface area contributed by atoms with Crippen molar-refractivity contribution in [1.82, 2.24) is 0 Å². The van der Waals surface area contributed by atoms with Crippen LogP contribution in [0.25, 0.3) is 0 Å². The molecule has 0 spiro atoms. The molecule has 0 saturated heterocycles. The second-order valence-electron chi connectivity index (χ2n) is 9.53. The molecule has 0 N–H and O–H groups in total. The van der Waals surface area contributed by atoms with Gasteiger partial charge in [-0.3, -0.25) is 0 Å². The van der Waals surface area contributed by atoms with Crippen LogP contribution in [-0.2, 0) is 0 Å². The molecule has 4 fully saturated rings. The predicted octanol–water partition coefficient (Wildman–Crippen LogP) is 7.00. The second-order valence-corrected chi connectivity index (χ2v) is 9.53. The van der Waals surface area contributed by atoms with Gasteiger partial charge >= 0.3 is 18.5 Å². The Morgan fingerprint density at radius 1 is 0.724 bits per heavy atom. The Labute approximate surface area is 159 Å². The Hall–Kier alpha value is -0.770. The standard InChI is InChI=1S/C18H19F11/c1-13(16(21,22)23,17(24,25)26)6-14(18(27,28)29)9-5-10(15(14,19)20)12-8-3-2-7(4-8)11(9)12/h7-12H,2-6H2,1H3. The van der Waals surface area contributed by atoms with Gasteiger partial charge in [0.1, 0.15) is 5.41 Å². The van der Waals surface area contributed by atoms with Gasteiger partial charge in [0.05, 0.1) is 0 Å². The molecule has 0 heterocycles. The van der Waals surface area contributed by atoms with Crippen molar-refractivity contribution in [1.29, 1.82) is 0 Å². The van der Waals surface area contributed by atoms with Crippen molar-refractivity contribution in [2.45, 2.75) is 63.5 Å². The van der Waals surface area contributed by atoms with Gasteiger partial charge in [0.25, 0.3) is 5.92 Å². The van der Waals surface area contributed by atoms with Gasteiger partial charge in [0.2, 0.25) is 0 Å². The van der Waals surface area contributed by atoms with Gasteiger partial charge in [-0.15, -0.1) is 0 Å². The summed E-state index contributed by atoms with van der Waals surface area (Å²) < 4.78 is 153. The summed E-state index contributed by atoms with van der Waals surface area (Å²) in [5.74, 6) is -10.6. The summed E-state index contributed by atoms with van der Waals surface area (Å²) in [5.41, 5.74) is -9.23. The minimum atomic E-state index is -6.16. The third kappa shape index (κ3) is 2.33. The van der Waals surface area contributed by atoms with Crippen molar-refractivity contribution < 1.29 is 48.3 Å². The van der Waals surface area contributed by atoms with E-state index in [0.29, 0.717) is 19.3 Å². The maximum Gasteiger partial charge on any atom is 0.402 e. The van der Waals surface area contributed by atoms with Crippen molar-refractivity contribution in [3.05, 3.63) is 0 Å². The molecule has 0 aromatic rings. The van der Waals surface area contributed by atoms with E-state index >= 15 is 8.78 Å². The number of hydrogen-bond acceptors (Lipinski definition) is 0. The van der Waals surface area contributed by atoms with E-state index in [0.717, 1.165) is 0 Å². The zero-order valence-electron chi connectivity index (χ0n) is 15.2. The van der Waals surface area contributed by atoms with E-state index in [1.54, 1.807) is 0 Å². The quantitative estimate of drug-likeness (QED) is 0.318. The van der Waals surface area contributed by atoms with Crippen molar-refractivity contribution >= 4 is 0 Å². The summed E-state index contributed by atoms with van der Waals surface area (Å²) in [6, 6.07) is 0. The number of alkyl halides is 11. The van der Waals surface area contributed by atoms with Crippen LogP contribution in [0.15, 0.2) is 0 Å². The first kappa shape index (κ1) is 21.5. The summed E-state index contributed by atoms with van der Waals surface area (Å²) in [6.45, 7) is -0.430. The normalized spacial score (nSPS) is 43.9. The van der Waals surface area contributed by atoms with Gasteiger partial charge in [0, 0.05) is 5.92 Å². The highest BCUT2D eigenvalue weighted by atomic mass is 19.4. The van der Waals surface area contributed by atoms with E-state index in [2.05, 4.69) is 0 Å². The Bertz CT molecular complexity index is 673. The monoisotopic (exact) mass is 444 g/mol. The molecule has 4 bridgehead atoms. The average molecular weight is 444 g/mol. The van der Waals surface area contributed by atoms with Gasteiger partial charge in [-0.05, 0) is 68.6 Å². The predicted molar refractivity (Wildman–Crippen MR) is 77.7 cm³/mol. The molecule has 4 aliphatic rings. The Kier molecular flexibility index (Phi) is 4.09. The first-order chi connectivity index (χ1) is 12.9. The van der Waals surface area contributed by atoms with Crippen LogP contribution >= 0.6 is 0 Å². The lowest BCUT2D eigenvalue weighted by atomic mass is 9.54. The van der Waals surface area contributed by atoms with Crippen LogP contribution in [0.1, 0.15) is 39.0 Å². The van der Waals surface area contributed by atoms with Gasteiger partial charge in [0.15, 0.2) is 5.41 Å². The van der Waals surface area contributed by atoms with Crippen LogP contribution in [0.2, 0.25) is 0 Å². The maximum absolute atomic E-state index is 15.3. The molecule has 29 heavy (non-hydrogen) atoms. The lowest BCUT2D eigenvalue weighted by Gasteiger charge is -2.54. The van der Waals surface area contributed by atoms with E-state index in [9.17, 15) is 39.5 Å². The minimum Gasteiger partial charge on any atom is -0.206 e. The fourth-order valence-corrected chi connectivity index (χ4v) is 7.33. The molecule has 0 amide bonds. The lowest BCUT2D eigenvalue weighted by molar-refractivity contribution is -0.388. The summed E-state index contributed by atoms with van der Waals surface area (Å²) in [4.78, 5) is 0. The molecule has 7 unspecified atom stereocenters. The van der Waals surface area contributed by atoms with Crippen LogP contribution in [0.4, 0.5) is 48.3 Å². The second kappa shape index (κ2) is 5.53. The molecule has 0 aromatic heterocycles. The SMILES string of the molecule is CC(CC1(C(F)(F)F)C2CC(C3C4CCC(C4)C32)C1(F)F)(C(F)(F)F)C(F)(F)F. The van der Waals surface area contributed by atoms with E-state index in [1.807, 2.05) is 0 Å². The summed E-state index contributed by atoms with van der Waals surface area (Å²) in [7, 11) is 0. The van der Waals surface area contributed by atoms with Gasteiger partial charge in [-0.1, -0.05) is 0 Å². The highest BCUT2D eigenvalue weighted by molar-refractivity contribution is 5.24. The molecule has 4 saturated carbocycles. The van der Waals surface area contributed by atoms with Crippen LogP contribution in [0.3, 0.4) is 0 Å². The molecule has 0 aromatic carbocycles. The molecule has 4 rings (SSSR count). The first-order valence-corrected chi connectivity index (χ1v) is 9.48. The Balaban J connectivity index is 1.87. The molecule has 0 radical (unpaired) electrons. The topological polar surface area (TPSA) is 0 Å². The summed E-state index contributed by atoms with van der Waals surface area (Å²) in [6.07, 6.45) is -20.1. The van der Waals surface area contributed by atoms with E-state index in [1.165, 1.54) is 0 Å². The summed E-state index contributed by atoms with van der Waals surface area (Å²) >= 11 is 0. The van der Waals surface area contributed by atoms with Gasteiger partial charge in [-0.25, -0.2) is 8.78 Å². The number of hydrogen-bond donors (Lipinski definition) is 0. The molecular formula is C18H19F11. The largest absolute Gasteiger partial charge is 0.402 e. The van der Waals surface area contributed by atoms with Crippen molar-refractivity contribution in [3.8, 4) is 0 Å². The fourth-order valence-electron chi connectivity index (χ4n) is 7.33. The zero-order valence-corrected chi connectivity index (χ0v) is 15.2.